The van der Waals surface area contributed by atoms with Crippen molar-refractivity contribution in [1.29, 1.82) is 0 Å². The van der Waals surface area contributed by atoms with E-state index < -0.39 is 5.91 Å². The van der Waals surface area contributed by atoms with Crippen molar-refractivity contribution >= 4 is 33.8 Å². The third-order valence-electron chi connectivity index (χ3n) is 3.70. The fourth-order valence-electron chi connectivity index (χ4n) is 2.46. The van der Waals surface area contributed by atoms with Gasteiger partial charge >= 0.3 is 5.91 Å². The molecule has 140 valence electrons. The van der Waals surface area contributed by atoms with Crippen LogP contribution in [-0.2, 0) is 0 Å². The van der Waals surface area contributed by atoms with Gasteiger partial charge in [-0.15, -0.1) is 5.10 Å². The zero-order chi connectivity index (χ0) is 19.6. The average molecular weight is 433 g/mol. The Morgan fingerprint density at radius 2 is 1.93 bits per heavy atom. The number of nitrogens with one attached hydrogen (secondary N) is 1. The van der Waals surface area contributed by atoms with Crippen LogP contribution in [0.2, 0.25) is 0 Å². The van der Waals surface area contributed by atoms with Crippen LogP contribution in [-0.4, -0.2) is 45.9 Å². The van der Waals surface area contributed by atoms with Gasteiger partial charge in [0.1, 0.15) is 11.5 Å². The molecule has 3 rings (SSSR count). The van der Waals surface area contributed by atoms with Crippen LogP contribution in [0.15, 0.2) is 27.8 Å². The lowest BCUT2D eigenvalue weighted by Gasteiger charge is -2.09. The Morgan fingerprint density at radius 1 is 1.19 bits per heavy atom. The minimum atomic E-state index is -0.541. The quantitative estimate of drug-likeness (QED) is 0.489. The lowest BCUT2D eigenvalue weighted by atomic mass is 10.2. The first-order valence-electron chi connectivity index (χ1n) is 7.89. The van der Waals surface area contributed by atoms with Crippen LogP contribution in [0.25, 0.3) is 5.78 Å². The number of hydrogen-bond donors (Lipinski definition) is 1. The lowest BCUT2D eigenvalue weighted by Crippen LogP contribution is -2.19. The van der Waals surface area contributed by atoms with Crippen molar-refractivity contribution in [3.63, 3.8) is 0 Å². The monoisotopic (exact) mass is 432 g/mol. The molecule has 2 aromatic heterocycles. The molecule has 0 aliphatic rings. The summed E-state index contributed by atoms with van der Waals surface area (Å²) in [6.45, 7) is 3.72. The van der Waals surface area contributed by atoms with E-state index >= 15 is 0 Å². The topological polar surface area (TPSA) is 103 Å². The molecule has 1 aromatic carbocycles. The number of aromatic nitrogens is 4. The van der Waals surface area contributed by atoms with E-state index in [-0.39, 0.29) is 5.82 Å². The van der Waals surface area contributed by atoms with Gasteiger partial charge in [-0.2, -0.15) is 10.1 Å². The van der Waals surface area contributed by atoms with Crippen molar-refractivity contribution < 1.29 is 14.3 Å². The molecule has 0 saturated heterocycles. The fraction of sp³-hybridized carbons (Fsp3) is 0.235. The summed E-state index contributed by atoms with van der Waals surface area (Å²) in [7, 11) is 3.10. The Morgan fingerprint density at radius 3 is 2.63 bits per heavy atom. The molecule has 0 bridgehead atoms. The van der Waals surface area contributed by atoms with Gasteiger partial charge in [-0.3, -0.25) is 4.79 Å². The average Bonchev–Trinajstić information content (AvgIpc) is 3.06. The van der Waals surface area contributed by atoms with Crippen molar-refractivity contribution in [2.24, 2.45) is 5.10 Å². The third-order valence-corrected chi connectivity index (χ3v) is 4.31. The van der Waals surface area contributed by atoms with Crippen molar-refractivity contribution in [3.8, 4) is 11.5 Å². The molecule has 0 saturated carbocycles. The van der Waals surface area contributed by atoms with Crippen molar-refractivity contribution in [1.82, 2.24) is 25.0 Å². The summed E-state index contributed by atoms with van der Waals surface area (Å²) in [5.41, 5.74) is 4.69. The van der Waals surface area contributed by atoms with E-state index in [1.54, 1.807) is 19.2 Å². The highest BCUT2D eigenvalue weighted by atomic mass is 79.9. The summed E-state index contributed by atoms with van der Waals surface area (Å²) in [6.07, 6.45) is 1.46. The predicted octanol–water partition coefficient (Wildman–Crippen LogP) is 2.28. The molecular weight excluding hydrogens is 416 g/mol. The number of halogens is 1. The molecule has 0 spiro atoms. The zero-order valence-electron chi connectivity index (χ0n) is 15.1. The Bertz CT molecular complexity index is 1050. The van der Waals surface area contributed by atoms with Crippen LogP contribution in [0.3, 0.4) is 0 Å². The van der Waals surface area contributed by atoms with E-state index in [1.807, 2.05) is 19.9 Å². The Balaban J connectivity index is 1.80. The molecule has 3 aromatic rings. The van der Waals surface area contributed by atoms with Gasteiger partial charge in [-0.25, -0.2) is 14.9 Å². The van der Waals surface area contributed by atoms with Gasteiger partial charge in [-0.05, 0) is 41.9 Å². The number of carbonyl (C=O) groups is 1. The van der Waals surface area contributed by atoms with Gasteiger partial charge in [0.25, 0.3) is 5.78 Å². The van der Waals surface area contributed by atoms with Gasteiger partial charge in [0, 0.05) is 23.0 Å². The number of hydrazone groups is 1. The van der Waals surface area contributed by atoms with Gasteiger partial charge in [0.2, 0.25) is 5.82 Å². The van der Waals surface area contributed by atoms with E-state index in [2.05, 4.69) is 41.5 Å². The zero-order valence-corrected chi connectivity index (χ0v) is 16.7. The molecular formula is C17H17BrN6O3. The number of fused-ring (bicyclic) bond motifs is 1. The first kappa shape index (κ1) is 18.8. The molecule has 0 atom stereocenters. The predicted molar refractivity (Wildman–Crippen MR) is 103 cm³/mol. The SMILES string of the molecule is COc1cc(OC)c(/C=N\NC(=O)c2nc3nc(C)cc(C)n3n2)cc1Br. The maximum Gasteiger partial charge on any atom is 0.311 e. The molecule has 1 N–H and O–H groups in total. The minimum Gasteiger partial charge on any atom is -0.496 e. The molecule has 0 aliphatic heterocycles. The van der Waals surface area contributed by atoms with Crippen LogP contribution in [0.1, 0.15) is 27.6 Å². The maximum absolute atomic E-state index is 12.3. The van der Waals surface area contributed by atoms with E-state index in [4.69, 9.17) is 9.47 Å². The van der Waals surface area contributed by atoms with Gasteiger partial charge in [0.15, 0.2) is 0 Å². The molecule has 9 nitrogen and oxygen atoms in total. The molecule has 27 heavy (non-hydrogen) atoms. The number of hydrogen-bond acceptors (Lipinski definition) is 7. The van der Waals surface area contributed by atoms with Crippen molar-refractivity contribution in [3.05, 3.63) is 45.4 Å². The number of rotatable bonds is 5. The summed E-state index contributed by atoms with van der Waals surface area (Å²) in [5, 5.41) is 8.12. The van der Waals surface area contributed by atoms with Crippen LogP contribution in [0.4, 0.5) is 0 Å². The Hall–Kier alpha value is -3.01. The van der Waals surface area contributed by atoms with Crippen LogP contribution >= 0.6 is 15.9 Å². The number of amides is 1. The molecule has 0 fully saturated rings. The highest BCUT2D eigenvalue weighted by Crippen LogP contribution is 2.31. The fourth-order valence-corrected chi connectivity index (χ4v) is 2.98. The normalized spacial score (nSPS) is 11.1. The molecule has 1 amide bonds. The second-order valence-corrected chi connectivity index (χ2v) is 6.47. The number of methoxy groups -OCH3 is 2. The number of carbonyl (C=O) groups excluding carboxylic acids is 1. The van der Waals surface area contributed by atoms with Gasteiger partial charge in [-0.1, -0.05) is 0 Å². The van der Waals surface area contributed by atoms with Crippen LogP contribution in [0.5, 0.6) is 11.5 Å². The van der Waals surface area contributed by atoms with E-state index in [1.165, 1.54) is 17.8 Å². The van der Waals surface area contributed by atoms with Crippen LogP contribution < -0.4 is 14.9 Å². The first-order valence-corrected chi connectivity index (χ1v) is 8.68. The summed E-state index contributed by atoms with van der Waals surface area (Å²) in [6, 6.07) is 5.34. The molecule has 10 heteroatoms. The van der Waals surface area contributed by atoms with E-state index in [0.717, 1.165) is 15.9 Å². The Kier molecular flexibility index (Phi) is 5.36. The largest absolute Gasteiger partial charge is 0.496 e. The molecule has 0 unspecified atom stereocenters. The lowest BCUT2D eigenvalue weighted by molar-refractivity contribution is 0.0945. The summed E-state index contributed by atoms with van der Waals surface area (Å²) in [5.74, 6) is 0.980. The first-order chi connectivity index (χ1) is 12.9. The number of nitrogens with zero attached hydrogens (tertiary/aromatic N) is 5. The molecule has 0 aliphatic carbocycles. The number of benzene rings is 1. The standard InChI is InChI=1S/C17H17BrN6O3/c1-9-5-10(2)24-17(20-9)21-15(23-24)16(25)22-19-8-11-6-12(18)14(27-4)7-13(11)26-3/h5-8H,1-4H3,(H,22,25)/b19-8-. The smallest absolute Gasteiger partial charge is 0.311 e. The second kappa shape index (κ2) is 7.70. The van der Waals surface area contributed by atoms with Crippen molar-refractivity contribution in [2.45, 2.75) is 13.8 Å². The second-order valence-electron chi connectivity index (χ2n) is 5.61. The molecule has 0 radical (unpaired) electrons. The number of aryl methyl sites for hydroxylation is 2. The highest BCUT2D eigenvalue weighted by molar-refractivity contribution is 9.10. The summed E-state index contributed by atoms with van der Waals surface area (Å²) >= 11 is 3.40. The van der Waals surface area contributed by atoms with Crippen LogP contribution in [0, 0.1) is 13.8 Å². The van der Waals surface area contributed by atoms with Gasteiger partial charge < -0.3 is 9.47 Å². The van der Waals surface area contributed by atoms with E-state index in [0.29, 0.717) is 22.8 Å². The third kappa shape index (κ3) is 3.90. The summed E-state index contributed by atoms with van der Waals surface area (Å²) in [4.78, 5) is 20.7. The summed E-state index contributed by atoms with van der Waals surface area (Å²) < 4.78 is 12.8. The Labute approximate surface area is 163 Å². The minimum absolute atomic E-state index is 0.0174. The van der Waals surface area contributed by atoms with Crippen molar-refractivity contribution in [2.75, 3.05) is 14.2 Å². The molecule has 2 heterocycles. The highest BCUT2D eigenvalue weighted by Gasteiger charge is 2.14. The maximum atomic E-state index is 12.3. The van der Waals surface area contributed by atoms with E-state index in [9.17, 15) is 4.79 Å². The number of ether oxygens (including phenoxy) is 2. The van der Waals surface area contributed by atoms with Gasteiger partial charge in [0.05, 0.1) is 24.9 Å².